The van der Waals surface area contributed by atoms with Gasteiger partial charge in [0.25, 0.3) is 5.91 Å². The van der Waals surface area contributed by atoms with Crippen molar-refractivity contribution in [3.8, 4) is 5.75 Å². The summed E-state index contributed by atoms with van der Waals surface area (Å²) in [4.78, 5) is 45.1. The zero-order chi connectivity index (χ0) is 40.1. The number of carbonyl (C=O) groups is 3. The lowest BCUT2D eigenvalue weighted by Crippen LogP contribution is -2.57. The highest BCUT2D eigenvalue weighted by atomic mass is 35.5. The van der Waals surface area contributed by atoms with E-state index in [9.17, 15) is 19.5 Å². The summed E-state index contributed by atoms with van der Waals surface area (Å²) in [6, 6.07) is 26.5. The van der Waals surface area contributed by atoms with Crippen LogP contribution in [0.3, 0.4) is 0 Å². The summed E-state index contributed by atoms with van der Waals surface area (Å²) in [6.45, 7) is 10.5. The Morgan fingerprint density at radius 2 is 1.49 bits per heavy atom. The molecule has 4 aromatic carbocycles. The summed E-state index contributed by atoms with van der Waals surface area (Å²) in [6.07, 6.45) is -1.25. The zero-order valence-corrected chi connectivity index (χ0v) is 34.7. The third kappa shape index (κ3) is 9.89. The molecule has 0 saturated heterocycles. The van der Waals surface area contributed by atoms with Crippen molar-refractivity contribution in [3.63, 3.8) is 0 Å². The van der Waals surface area contributed by atoms with E-state index in [1.54, 1.807) is 43.5 Å². The average molecular weight is 801 g/mol. The first-order valence-corrected chi connectivity index (χ1v) is 24.2. The van der Waals surface area contributed by atoms with Gasteiger partial charge >= 0.3 is 5.97 Å². The van der Waals surface area contributed by atoms with E-state index in [0.29, 0.717) is 22.0 Å². The van der Waals surface area contributed by atoms with Crippen LogP contribution in [0.1, 0.15) is 45.2 Å². The molecule has 0 fully saturated rings. The molecule has 0 saturated carbocycles. The van der Waals surface area contributed by atoms with Gasteiger partial charge in [-0.1, -0.05) is 48.0 Å². The standard InChI is InChI=1S/C40H49ClN6O6Si2/c1-25(42)47-35-18-17-30(52-2)23-33(35)37(26-13-15-29(41)16-14-26)46-34(38(47)43)24-36(48)44-19-20-45-39(49)27-9-7-11-31(21-27)54(3,4)53-55(5,6)32-12-8-10-28(22-32)40(50)51/h7-18,21-23,25,34,38H,19-20,24,42-43H2,1-6H3,(H,44,48)(H,45,49)(H,50,51)/t25?,34-,38?/m0/s1. The fourth-order valence-corrected chi connectivity index (χ4v) is 14.9. The van der Waals surface area contributed by atoms with Crippen LogP contribution in [-0.4, -0.2) is 83.8 Å². The second kappa shape index (κ2) is 17.3. The largest absolute Gasteiger partial charge is 0.497 e. The number of benzene rings is 4. The molecule has 3 atom stereocenters. The summed E-state index contributed by atoms with van der Waals surface area (Å²) in [7, 11) is -3.46. The number of nitrogens with one attached hydrogen (secondary N) is 2. The van der Waals surface area contributed by atoms with E-state index in [2.05, 4.69) is 23.7 Å². The molecular weight excluding hydrogens is 752 g/mol. The molecule has 1 aliphatic rings. The second-order valence-corrected chi connectivity index (χ2v) is 22.9. The number of hydrogen-bond acceptors (Lipinski definition) is 9. The molecule has 12 nitrogen and oxygen atoms in total. The van der Waals surface area contributed by atoms with Crippen LogP contribution in [0.4, 0.5) is 5.69 Å². The summed E-state index contributed by atoms with van der Waals surface area (Å²) in [5.41, 5.74) is 16.9. The average Bonchev–Trinajstić information content (AvgIpc) is 3.26. The van der Waals surface area contributed by atoms with Gasteiger partial charge in [0, 0.05) is 40.5 Å². The highest BCUT2D eigenvalue weighted by Crippen LogP contribution is 2.34. The number of hydrogen-bond donors (Lipinski definition) is 5. The van der Waals surface area contributed by atoms with Crippen molar-refractivity contribution in [2.24, 2.45) is 16.5 Å². The molecule has 1 heterocycles. The van der Waals surface area contributed by atoms with Crippen molar-refractivity contribution in [2.45, 2.75) is 57.9 Å². The van der Waals surface area contributed by atoms with Gasteiger partial charge in [0.05, 0.1) is 37.0 Å². The molecule has 55 heavy (non-hydrogen) atoms. The van der Waals surface area contributed by atoms with Crippen LogP contribution in [0.2, 0.25) is 31.2 Å². The summed E-state index contributed by atoms with van der Waals surface area (Å²) in [5, 5.41) is 17.7. The van der Waals surface area contributed by atoms with Crippen LogP contribution in [0.15, 0.2) is 96.0 Å². The number of methoxy groups -OCH3 is 1. The fraction of sp³-hybridized carbons (Fsp3) is 0.300. The molecule has 4 aromatic rings. The lowest BCUT2D eigenvalue weighted by atomic mass is 9.99. The van der Waals surface area contributed by atoms with E-state index in [-0.39, 0.29) is 36.9 Å². The Morgan fingerprint density at radius 1 is 0.891 bits per heavy atom. The normalized spacial score (nSPS) is 16.3. The first-order chi connectivity index (χ1) is 26.0. The fourth-order valence-electron chi connectivity index (χ4n) is 6.77. The number of benzodiazepines with no additional fused rings is 1. The summed E-state index contributed by atoms with van der Waals surface area (Å²) in [5.74, 6) is -0.913. The number of carbonyl (C=O) groups excluding carboxylic acids is 2. The van der Waals surface area contributed by atoms with Gasteiger partial charge in [-0.2, -0.15) is 0 Å². The van der Waals surface area contributed by atoms with E-state index in [4.69, 9.17) is 36.9 Å². The molecule has 0 aliphatic carbocycles. The van der Waals surface area contributed by atoms with Crippen molar-refractivity contribution < 1.29 is 28.3 Å². The van der Waals surface area contributed by atoms with Crippen molar-refractivity contribution in [1.29, 1.82) is 0 Å². The van der Waals surface area contributed by atoms with Crippen LogP contribution >= 0.6 is 11.6 Å². The van der Waals surface area contributed by atoms with Crippen molar-refractivity contribution in [3.05, 3.63) is 118 Å². The Labute approximate surface area is 329 Å². The zero-order valence-electron chi connectivity index (χ0n) is 31.9. The van der Waals surface area contributed by atoms with E-state index in [1.165, 1.54) is 0 Å². The van der Waals surface area contributed by atoms with Crippen LogP contribution in [0.5, 0.6) is 5.75 Å². The van der Waals surface area contributed by atoms with Gasteiger partial charge in [0.1, 0.15) is 11.9 Å². The predicted molar refractivity (Wildman–Crippen MR) is 223 cm³/mol. The van der Waals surface area contributed by atoms with E-state index < -0.39 is 41.0 Å². The number of aromatic carboxylic acids is 1. The lowest BCUT2D eigenvalue weighted by molar-refractivity contribution is -0.121. The molecule has 2 unspecified atom stereocenters. The van der Waals surface area contributed by atoms with Gasteiger partial charge < -0.3 is 41.0 Å². The Bertz CT molecular complexity index is 2080. The van der Waals surface area contributed by atoms with Crippen LogP contribution in [-0.2, 0) is 8.91 Å². The van der Waals surface area contributed by atoms with E-state index in [0.717, 1.165) is 27.2 Å². The maximum Gasteiger partial charge on any atom is 0.335 e. The molecule has 290 valence electrons. The van der Waals surface area contributed by atoms with Crippen molar-refractivity contribution >= 4 is 67.8 Å². The molecule has 1 aliphatic heterocycles. The minimum absolute atomic E-state index is 0.0252. The third-order valence-corrected chi connectivity index (χ3v) is 17.3. The Hall–Kier alpha value is -4.84. The predicted octanol–water partition coefficient (Wildman–Crippen LogP) is 4.14. The second-order valence-electron chi connectivity index (χ2n) is 14.5. The first-order valence-electron chi connectivity index (χ1n) is 18.0. The smallest absolute Gasteiger partial charge is 0.335 e. The third-order valence-electron chi connectivity index (χ3n) is 9.57. The maximum atomic E-state index is 13.4. The summed E-state index contributed by atoms with van der Waals surface area (Å²) < 4.78 is 12.4. The van der Waals surface area contributed by atoms with Gasteiger partial charge in [-0.25, -0.2) is 4.79 Å². The van der Waals surface area contributed by atoms with Gasteiger partial charge in [-0.05, 0) is 98.1 Å². The highest BCUT2D eigenvalue weighted by Gasteiger charge is 2.37. The number of halogens is 1. The highest BCUT2D eigenvalue weighted by molar-refractivity contribution is 6.96. The van der Waals surface area contributed by atoms with Crippen LogP contribution in [0, 0.1) is 0 Å². The number of nitrogens with two attached hydrogens (primary N) is 2. The molecule has 0 aromatic heterocycles. The molecule has 5 rings (SSSR count). The van der Waals surface area contributed by atoms with Gasteiger partial charge in [-0.3, -0.25) is 14.6 Å². The van der Waals surface area contributed by atoms with Crippen molar-refractivity contribution in [2.75, 3.05) is 25.1 Å². The van der Waals surface area contributed by atoms with Crippen molar-refractivity contribution in [1.82, 2.24) is 10.6 Å². The number of rotatable bonds is 14. The molecule has 0 spiro atoms. The Morgan fingerprint density at radius 3 is 2.09 bits per heavy atom. The molecule has 0 radical (unpaired) electrons. The van der Waals surface area contributed by atoms with E-state index >= 15 is 0 Å². The monoisotopic (exact) mass is 800 g/mol. The SMILES string of the molecule is COc1ccc2c(c1)C(c1ccc(Cl)cc1)=N[C@@H](CC(=O)NCCNC(=O)c1cccc([Si](C)(C)O[Si](C)(C)c3cccc(C(=O)O)c3)c1)C(N)N2C(C)N. The number of amides is 2. The van der Waals surface area contributed by atoms with Gasteiger partial charge in [-0.15, -0.1) is 0 Å². The maximum absolute atomic E-state index is 13.4. The number of anilines is 1. The molecule has 2 amide bonds. The number of carboxylic acids is 1. The van der Waals surface area contributed by atoms with Gasteiger partial charge in [0.2, 0.25) is 22.5 Å². The van der Waals surface area contributed by atoms with Crippen LogP contribution in [0.25, 0.3) is 0 Å². The molecular formula is C40H49ClN6O6Si2. The number of fused-ring (bicyclic) bond motifs is 1. The Balaban J connectivity index is 1.24. The number of nitrogens with zero attached hydrogens (tertiary/aromatic N) is 2. The first kappa shape index (κ1) is 41.3. The quantitative estimate of drug-likeness (QED) is 0.0926. The number of carboxylic acid groups (broad SMARTS) is 1. The number of ether oxygens (including phenoxy) is 1. The Kier molecular flexibility index (Phi) is 13.0. The number of aliphatic imine (C=N–C) groups is 1. The molecule has 7 N–H and O–H groups in total. The molecule has 15 heteroatoms. The minimum atomic E-state index is -2.54. The van der Waals surface area contributed by atoms with Gasteiger partial charge in [0.15, 0.2) is 0 Å². The summed E-state index contributed by atoms with van der Waals surface area (Å²) >= 11 is 6.21. The molecule has 0 bridgehead atoms. The topological polar surface area (TPSA) is 182 Å². The van der Waals surface area contributed by atoms with E-state index in [1.807, 2.05) is 79.5 Å². The van der Waals surface area contributed by atoms with Crippen LogP contribution < -0.4 is 42.1 Å². The lowest BCUT2D eigenvalue weighted by Gasteiger charge is -2.36. The minimum Gasteiger partial charge on any atom is -0.497 e.